The maximum atomic E-state index is 12.4. The molecule has 0 aliphatic rings. The number of nitrogens with two attached hydrogens (primary N) is 1. The summed E-state index contributed by atoms with van der Waals surface area (Å²) in [6.45, 7) is 5.56. The highest BCUT2D eigenvalue weighted by atomic mass is 79.9. The first-order valence-electron chi connectivity index (χ1n) is 8.33. The third-order valence-electron chi connectivity index (χ3n) is 3.15. The van der Waals surface area contributed by atoms with E-state index in [-0.39, 0.29) is 29.8 Å². The molecular weight excluding hydrogens is 498 g/mol. The van der Waals surface area contributed by atoms with Gasteiger partial charge in [0, 0.05) is 17.3 Å². The van der Waals surface area contributed by atoms with Crippen LogP contribution in [0, 0.1) is 17.0 Å². The number of rotatable bonds is 8. The van der Waals surface area contributed by atoms with Crippen molar-refractivity contribution < 1.29 is 27.6 Å². The number of hydrogen-bond acceptors (Lipinski definition) is 8. The standard InChI is InChI=1S/C17H19BrN4O4S.HNO3/c1-12-8-14(25-7-6-21-17(19)22-20-2)11-15(9-12)26-27(23,24)16-5-3-4-13(18)10-16;2-1(3)4/h3-5,8-11H,2,6-7H2,1H3,(H3,19,21,22);(H,2,3,4). The number of aryl methyl sites for hydroxylation is 1. The zero-order valence-electron chi connectivity index (χ0n) is 16.3. The van der Waals surface area contributed by atoms with Crippen molar-refractivity contribution >= 4 is 38.7 Å². The van der Waals surface area contributed by atoms with Gasteiger partial charge in [0.15, 0.2) is 0 Å². The van der Waals surface area contributed by atoms with Crippen LogP contribution in [-0.4, -0.2) is 44.5 Å². The van der Waals surface area contributed by atoms with E-state index in [9.17, 15) is 8.42 Å². The quantitative estimate of drug-likeness (QED) is 0.118. The molecule has 0 heterocycles. The van der Waals surface area contributed by atoms with Crippen molar-refractivity contribution in [2.24, 2.45) is 15.8 Å². The van der Waals surface area contributed by atoms with E-state index in [2.05, 4.69) is 38.2 Å². The lowest BCUT2D eigenvalue weighted by Gasteiger charge is -2.11. The van der Waals surface area contributed by atoms with Crippen LogP contribution < -0.4 is 20.1 Å². The summed E-state index contributed by atoms with van der Waals surface area (Å²) in [7, 11) is -3.96. The zero-order valence-corrected chi connectivity index (χ0v) is 18.7. The van der Waals surface area contributed by atoms with E-state index in [0.717, 1.165) is 5.56 Å². The summed E-state index contributed by atoms with van der Waals surface area (Å²) in [6, 6.07) is 11.1. The van der Waals surface area contributed by atoms with E-state index in [0.29, 0.717) is 10.2 Å². The summed E-state index contributed by atoms with van der Waals surface area (Å²) in [5.41, 5.74) is 8.70. The molecule has 2 aromatic carbocycles. The summed E-state index contributed by atoms with van der Waals surface area (Å²) in [5.74, 6) is 0.741. The molecule has 0 bridgehead atoms. The first-order valence-corrected chi connectivity index (χ1v) is 10.5. The Balaban J connectivity index is 0.00000110. The van der Waals surface area contributed by atoms with E-state index in [1.807, 2.05) is 0 Å². The average molecular weight is 518 g/mol. The molecule has 0 saturated carbocycles. The Bertz CT molecular complexity index is 1040. The van der Waals surface area contributed by atoms with Gasteiger partial charge in [-0.1, -0.05) is 22.0 Å². The monoisotopic (exact) mass is 517 g/mol. The maximum Gasteiger partial charge on any atom is 0.339 e. The number of nitrogens with one attached hydrogen (secondary N) is 1. The second-order valence-electron chi connectivity index (χ2n) is 5.60. The van der Waals surface area contributed by atoms with Crippen LogP contribution in [0.3, 0.4) is 0 Å². The van der Waals surface area contributed by atoms with Gasteiger partial charge in [-0.15, -0.1) is 10.1 Å². The molecule has 0 saturated heterocycles. The SMILES string of the molecule is C=NNC(N)=NCCOc1cc(C)cc(OS(=O)(=O)c2cccc(Br)c2)c1.O=[N+]([O-])O. The number of guanidine groups is 1. The van der Waals surface area contributed by atoms with Crippen LogP contribution in [0.15, 0.2) is 61.9 Å². The normalized spacial score (nSPS) is 11.0. The molecule has 0 radical (unpaired) electrons. The van der Waals surface area contributed by atoms with Gasteiger partial charge in [-0.3, -0.25) is 0 Å². The summed E-state index contributed by atoms with van der Waals surface area (Å²) < 4.78 is 36.3. The number of hydrazone groups is 1. The topological polar surface area (TPSA) is 179 Å². The van der Waals surface area contributed by atoms with Gasteiger partial charge in [-0.2, -0.15) is 13.5 Å². The molecule has 31 heavy (non-hydrogen) atoms. The van der Waals surface area contributed by atoms with E-state index in [1.165, 1.54) is 18.2 Å². The molecule has 0 aliphatic carbocycles. The van der Waals surface area contributed by atoms with Crippen LogP contribution in [0.4, 0.5) is 0 Å². The third-order valence-corrected chi connectivity index (χ3v) is 4.89. The van der Waals surface area contributed by atoms with Crippen molar-refractivity contribution in [3.05, 3.63) is 62.6 Å². The Morgan fingerprint density at radius 1 is 1.32 bits per heavy atom. The number of nitrogens with zero attached hydrogens (tertiary/aromatic N) is 3. The van der Waals surface area contributed by atoms with Crippen LogP contribution >= 0.6 is 15.9 Å². The van der Waals surface area contributed by atoms with E-state index in [4.69, 9.17) is 30.0 Å². The minimum absolute atomic E-state index is 0.0500. The van der Waals surface area contributed by atoms with Crippen LogP contribution in [0.5, 0.6) is 11.5 Å². The average Bonchev–Trinajstić information content (AvgIpc) is 2.64. The molecule has 0 amide bonds. The molecule has 0 aliphatic heterocycles. The second-order valence-corrected chi connectivity index (χ2v) is 8.06. The molecule has 0 unspecified atom stereocenters. The predicted molar refractivity (Wildman–Crippen MR) is 117 cm³/mol. The highest BCUT2D eigenvalue weighted by molar-refractivity contribution is 9.10. The molecule has 0 aromatic heterocycles. The molecule has 2 aromatic rings. The van der Waals surface area contributed by atoms with Crippen LogP contribution in [-0.2, 0) is 10.1 Å². The Morgan fingerprint density at radius 3 is 2.58 bits per heavy atom. The highest BCUT2D eigenvalue weighted by Crippen LogP contribution is 2.26. The number of hydrogen-bond donors (Lipinski definition) is 3. The zero-order chi connectivity index (χ0) is 23.4. The molecular formula is C17H20BrN5O7S. The molecule has 4 N–H and O–H groups in total. The van der Waals surface area contributed by atoms with E-state index < -0.39 is 15.2 Å². The minimum atomic E-state index is -3.96. The Morgan fingerprint density at radius 2 is 1.97 bits per heavy atom. The molecule has 0 atom stereocenters. The molecule has 0 fully saturated rings. The van der Waals surface area contributed by atoms with Crippen LogP contribution in [0.1, 0.15) is 5.56 Å². The summed E-state index contributed by atoms with van der Waals surface area (Å²) in [5, 5.41) is 17.0. The van der Waals surface area contributed by atoms with Crippen molar-refractivity contribution in [1.29, 1.82) is 0 Å². The van der Waals surface area contributed by atoms with Crippen molar-refractivity contribution in [2.45, 2.75) is 11.8 Å². The van der Waals surface area contributed by atoms with Crippen LogP contribution in [0.25, 0.3) is 0 Å². The second kappa shape index (κ2) is 12.3. The number of aliphatic imine (C=N–C) groups is 1. The van der Waals surface area contributed by atoms with Gasteiger partial charge in [-0.05, 0) is 42.8 Å². The lowest BCUT2D eigenvalue weighted by atomic mass is 10.2. The van der Waals surface area contributed by atoms with Crippen molar-refractivity contribution in [2.75, 3.05) is 13.2 Å². The first kappa shape index (κ1) is 25.6. The summed E-state index contributed by atoms with van der Waals surface area (Å²) in [6.07, 6.45) is 0. The van der Waals surface area contributed by atoms with Gasteiger partial charge in [0.2, 0.25) is 5.96 Å². The van der Waals surface area contributed by atoms with Gasteiger partial charge >= 0.3 is 10.1 Å². The Hall–Kier alpha value is -3.39. The molecule has 168 valence electrons. The summed E-state index contributed by atoms with van der Waals surface area (Å²) >= 11 is 3.25. The largest absolute Gasteiger partial charge is 0.492 e. The fourth-order valence-electron chi connectivity index (χ4n) is 2.09. The number of ether oxygens (including phenoxy) is 1. The smallest absolute Gasteiger partial charge is 0.339 e. The maximum absolute atomic E-state index is 12.4. The van der Waals surface area contributed by atoms with Crippen molar-refractivity contribution in [1.82, 2.24) is 5.43 Å². The van der Waals surface area contributed by atoms with Gasteiger partial charge in [-0.25, -0.2) is 10.4 Å². The fraction of sp³-hybridized carbons (Fsp3) is 0.176. The van der Waals surface area contributed by atoms with Gasteiger partial charge in [0.25, 0.3) is 5.09 Å². The molecule has 12 nitrogen and oxygen atoms in total. The van der Waals surface area contributed by atoms with E-state index in [1.54, 1.807) is 31.2 Å². The Kier molecular flexibility index (Phi) is 10.2. The molecule has 2 rings (SSSR count). The Labute approximate surface area is 186 Å². The van der Waals surface area contributed by atoms with Gasteiger partial charge in [0.1, 0.15) is 23.0 Å². The predicted octanol–water partition coefficient (Wildman–Crippen LogP) is 2.08. The molecule has 0 spiro atoms. The van der Waals surface area contributed by atoms with Crippen LogP contribution in [0.2, 0.25) is 0 Å². The first-order chi connectivity index (χ1) is 14.5. The van der Waals surface area contributed by atoms with E-state index >= 15 is 0 Å². The molecule has 14 heteroatoms. The highest BCUT2D eigenvalue weighted by Gasteiger charge is 2.17. The lowest BCUT2D eigenvalue weighted by Crippen LogP contribution is -2.27. The number of benzene rings is 2. The van der Waals surface area contributed by atoms with Gasteiger partial charge in [0.05, 0.1) is 6.54 Å². The number of halogens is 1. The van der Waals surface area contributed by atoms with Gasteiger partial charge < -0.3 is 19.9 Å². The van der Waals surface area contributed by atoms with Crippen molar-refractivity contribution in [3.63, 3.8) is 0 Å². The van der Waals surface area contributed by atoms with Crippen molar-refractivity contribution in [3.8, 4) is 11.5 Å². The summed E-state index contributed by atoms with van der Waals surface area (Å²) in [4.78, 5) is 12.4. The minimum Gasteiger partial charge on any atom is -0.492 e. The third kappa shape index (κ3) is 10.3. The lowest BCUT2D eigenvalue weighted by molar-refractivity contribution is -0.742. The fourth-order valence-corrected chi connectivity index (χ4v) is 3.60.